The summed E-state index contributed by atoms with van der Waals surface area (Å²) in [7, 11) is 0. The summed E-state index contributed by atoms with van der Waals surface area (Å²) >= 11 is 0. The molecule has 3 heteroatoms. The van der Waals surface area contributed by atoms with Gasteiger partial charge in [-0.15, -0.1) is 0 Å². The Morgan fingerprint density at radius 3 is 2.83 bits per heavy atom. The van der Waals surface area contributed by atoms with Gasteiger partial charge >= 0.3 is 0 Å². The summed E-state index contributed by atoms with van der Waals surface area (Å²) in [5, 5.41) is 3.36. The molecule has 1 heterocycles. The van der Waals surface area contributed by atoms with Crippen molar-refractivity contribution < 1.29 is 9.13 Å². The zero-order chi connectivity index (χ0) is 13.2. The number of rotatable bonds is 3. The topological polar surface area (TPSA) is 21.3 Å². The number of morpholine rings is 1. The Hall–Kier alpha value is -0.930. The lowest BCUT2D eigenvalue weighted by Crippen LogP contribution is -2.49. The van der Waals surface area contributed by atoms with Gasteiger partial charge in [-0.25, -0.2) is 4.39 Å². The van der Waals surface area contributed by atoms with E-state index in [9.17, 15) is 4.39 Å². The van der Waals surface area contributed by atoms with Crippen LogP contribution in [0.1, 0.15) is 38.9 Å². The fourth-order valence-electron chi connectivity index (χ4n) is 2.79. The number of benzene rings is 1. The third kappa shape index (κ3) is 3.09. The van der Waals surface area contributed by atoms with E-state index in [4.69, 9.17) is 4.74 Å². The van der Waals surface area contributed by atoms with Crippen LogP contribution in [0.3, 0.4) is 0 Å². The van der Waals surface area contributed by atoms with Crippen LogP contribution in [0.2, 0.25) is 0 Å². The average molecular weight is 251 g/mol. The van der Waals surface area contributed by atoms with Crippen LogP contribution < -0.4 is 5.32 Å². The van der Waals surface area contributed by atoms with Gasteiger partial charge in [0, 0.05) is 18.7 Å². The summed E-state index contributed by atoms with van der Waals surface area (Å²) in [5.74, 6) is 0.384. The number of hydrogen-bond donors (Lipinski definition) is 1. The van der Waals surface area contributed by atoms with Crippen molar-refractivity contribution in [1.29, 1.82) is 0 Å². The minimum absolute atomic E-state index is 0.182. The Bertz CT molecular complexity index is 407. The van der Waals surface area contributed by atoms with Gasteiger partial charge in [0.25, 0.3) is 0 Å². The molecule has 1 aromatic rings. The fraction of sp³-hybridized carbons (Fsp3) is 0.600. The minimum atomic E-state index is -0.209. The third-order valence-corrected chi connectivity index (χ3v) is 3.35. The van der Waals surface area contributed by atoms with E-state index in [-0.39, 0.29) is 17.5 Å². The predicted molar refractivity (Wildman–Crippen MR) is 71.0 cm³/mol. The van der Waals surface area contributed by atoms with Gasteiger partial charge in [0.15, 0.2) is 0 Å². The standard InChI is InChI=1S/C15H22FNO/c1-11(2)8-15(3)10-17-9-14(18-15)12-6-4-5-7-13(12)16/h4-7,11,14,17H,8-10H2,1-3H3. The normalized spacial score (nSPS) is 28.6. The molecule has 1 aromatic carbocycles. The van der Waals surface area contributed by atoms with E-state index in [0.717, 1.165) is 13.0 Å². The summed E-state index contributed by atoms with van der Waals surface area (Å²) < 4.78 is 19.9. The molecule has 2 rings (SSSR count). The molecular weight excluding hydrogens is 229 g/mol. The average Bonchev–Trinajstić information content (AvgIpc) is 2.27. The van der Waals surface area contributed by atoms with Crippen LogP contribution >= 0.6 is 0 Å². The van der Waals surface area contributed by atoms with E-state index < -0.39 is 0 Å². The van der Waals surface area contributed by atoms with Crippen molar-refractivity contribution in [2.24, 2.45) is 5.92 Å². The van der Waals surface area contributed by atoms with Gasteiger partial charge in [-0.05, 0) is 25.3 Å². The highest BCUT2D eigenvalue weighted by Gasteiger charge is 2.34. The van der Waals surface area contributed by atoms with Gasteiger partial charge in [0.1, 0.15) is 5.82 Å². The second kappa shape index (κ2) is 5.37. The van der Waals surface area contributed by atoms with E-state index in [0.29, 0.717) is 18.0 Å². The molecule has 2 atom stereocenters. The molecule has 0 spiro atoms. The molecule has 0 bridgehead atoms. The fourth-order valence-corrected chi connectivity index (χ4v) is 2.79. The summed E-state index contributed by atoms with van der Waals surface area (Å²) in [6.45, 7) is 7.97. The molecule has 0 aromatic heterocycles. The Morgan fingerprint density at radius 1 is 1.44 bits per heavy atom. The first-order valence-electron chi connectivity index (χ1n) is 6.63. The number of nitrogens with one attached hydrogen (secondary N) is 1. The molecule has 1 fully saturated rings. The lowest BCUT2D eigenvalue weighted by Gasteiger charge is -2.40. The molecule has 100 valence electrons. The van der Waals surface area contributed by atoms with Gasteiger partial charge in [-0.1, -0.05) is 32.0 Å². The van der Waals surface area contributed by atoms with Crippen LogP contribution in [0.15, 0.2) is 24.3 Å². The monoisotopic (exact) mass is 251 g/mol. The van der Waals surface area contributed by atoms with Gasteiger partial charge < -0.3 is 10.1 Å². The van der Waals surface area contributed by atoms with Crippen molar-refractivity contribution >= 4 is 0 Å². The molecular formula is C15H22FNO. The lowest BCUT2D eigenvalue weighted by molar-refractivity contribution is -0.118. The second-order valence-corrected chi connectivity index (χ2v) is 5.81. The molecule has 0 saturated carbocycles. The van der Waals surface area contributed by atoms with Crippen molar-refractivity contribution in [1.82, 2.24) is 5.32 Å². The van der Waals surface area contributed by atoms with Crippen LogP contribution in [0.25, 0.3) is 0 Å². The maximum atomic E-state index is 13.8. The highest BCUT2D eigenvalue weighted by atomic mass is 19.1. The molecule has 1 aliphatic rings. The summed E-state index contributed by atoms with van der Waals surface area (Å²) in [5.41, 5.74) is 0.444. The van der Waals surface area contributed by atoms with Crippen LogP contribution in [0, 0.1) is 11.7 Å². The Morgan fingerprint density at radius 2 is 2.17 bits per heavy atom. The van der Waals surface area contributed by atoms with Crippen molar-refractivity contribution in [3.63, 3.8) is 0 Å². The maximum absolute atomic E-state index is 13.8. The van der Waals surface area contributed by atoms with E-state index in [1.165, 1.54) is 6.07 Å². The molecule has 0 radical (unpaired) electrons. The summed E-state index contributed by atoms with van der Waals surface area (Å²) in [4.78, 5) is 0. The van der Waals surface area contributed by atoms with Gasteiger partial charge in [-0.2, -0.15) is 0 Å². The molecule has 0 amide bonds. The molecule has 2 unspecified atom stereocenters. The number of ether oxygens (including phenoxy) is 1. The smallest absolute Gasteiger partial charge is 0.129 e. The predicted octanol–water partition coefficient (Wildman–Crippen LogP) is 3.29. The van der Waals surface area contributed by atoms with Gasteiger partial charge in [0.2, 0.25) is 0 Å². The Labute approximate surface area is 109 Å². The minimum Gasteiger partial charge on any atom is -0.365 e. The first-order chi connectivity index (χ1) is 8.50. The lowest BCUT2D eigenvalue weighted by atomic mass is 9.91. The maximum Gasteiger partial charge on any atom is 0.129 e. The zero-order valence-electron chi connectivity index (χ0n) is 11.4. The first-order valence-corrected chi connectivity index (χ1v) is 6.63. The van der Waals surface area contributed by atoms with E-state index in [2.05, 4.69) is 26.1 Å². The number of hydrogen-bond acceptors (Lipinski definition) is 2. The number of halogens is 1. The summed E-state index contributed by atoms with van der Waals surface area (Å²) in [6.07, 6.45) is 0.786. The molecule has 1 saturated heterocycles. The van der Waals surface area contributed by atoms with Gasteiger partial charge in [-0.3, -0.25) is 0 Å². The van der Waals surface area contributed by atoms with E-state index in [1.54, 1.807) is 6.07 Å². The van der Waals surface area contributed by atoms with Crippen LogP contribution in [0.5, 0.6) is 0 Å². The highest BCUT2D eigenvalue weighted by Crippen LogP contribution is 2.32. The molecule has 2 nitrogen and oxygen atoms in total. The van der Waals surface area contributed by atoms with Crippen LogP contribution in [-0.4, -0.2) is 18.7 Å². The third-order valence-electron chi connectivity index (χ3n) is 3.35. The van der Waals surface area contributed by atoms with Crippen molar-refractivity contribution in [3.05, 3.63) is 35.6 Å². The quantitative estimate of drug-likeness (QED) is 0.890. The van der Waals surface area contributed by atoms with Crippen molar-refractivity contribution in [2.75, 3.05) is 13.1 Å². The van der Waals surface area contributed by atoms with E-state index in [1.807, 2.05) is 12.1 Å². The van der Waals surface area contributed by atoms with Crippen LogP contribution in [-0.2, 0) is 4.74 Å². The molecule has 0 aliphatic carbocycles. The molecule has 1 aliphatic heterocycles. The first kappa shape index (κ1) is 13.5. The van der Waals surface area contributed by atoms with Crippen LogP contribution in [0.4, 0.5) is 4.39 Å². The molecule has 18 heavy (non-hydrogen) atoms. The van der Waals surface area contributed by atoms with Gasteiger partial charge in [0.05, 0.1) is 11.7 Å². The zero-order valence-corrected chi connectivity index (χ0v) is 11.4. The SMILES string of the molecule is CC(C)CC1(C)CNCC(c2ccccc2F)O1. The van der Waals surface area contributed by atoms with Crippen molar-refractivity contribution in [3.8, 4) is 0 Å². The Kier molecular flexibility index (Phi) is 4.03. The second-order valence-electron chi connectivity index (χ2n) is 5.81. The van der Waals surface area contributed by atoms with E-state index >= 15 is 0 Å². The summed E-state index contributed by atoms with van der Waals surface area (Å²) in [6, 6.07) is 6.87. The molecule has 1 N–H and O–H groups in total. The Balaban J connectivity index is 2.14. The largest absolute Gasteiger partial charge is 0.365 e. The highest BCUT2D eigenvalue weighted by molar-refractivity contribution is 5.21. The van der Waals surface area contributed by atoms with Crippen molar-refractivity contribution in [2.45, 2.75) is 38.9 Å².